The van der Waals surface area contributed by atoms with Crippen LogP contribution in [0.25, 0.3) is 5.76 Å². The van der Waals surface area contributed by atoms with Gasteiger partial charge in [-0.2, -0.15) is 0 Å². The molecule has 1 N–H and O–H groups in total. The Kier molecular flexibility index (Phi) is 3.63. The maximum atomic E-state index is 12.2. The highest BCUT2D eigenvalue weighted by atomic mass is 16.5. The number of phenols is 1. The van der Waals surface area contributed by atoms with E-state index in [0.29, 0.717) is 5.57 Å². The van der Waals surface area contributed by atoms with Gasteiger partial charge in [-0.3, -0.25) is 4.79 Å². The lowest BCUT2D eigenvalue weighted by Gasteiger charge is -2.31. The number of carbonyl (C=O) groups is 2. The van der Waals surface area contributed by atoms with Crippen LogP contribution in [0.2, 0.25) is 0 Å². The summed E-state index contributed by atoms with van der Waals surface area (Å²) in [5.74, 6) is -0.625. The second-order valence-corrected chi connectivity index (χ2v) is 5.32. The largest absolute Gasteiger partial charge is 0.502 e. The number of ether oxygens (including phenoxy) is 4. The molecule has 1 atom stereocenters. The van der Waals surface area contributed by atoms with E-state index < -0.39 is 5.97 Å². The highest BCUT2D eigenvalue weighted by Gasteiger charge is 2.38. The van der Waals surface area contributed by atoms with Gasteiger partial charge in [-0.1, -0.05) is 0 Å². The summed E-state index contributed by atoms with van der Waals surface area (Å²) in [4.78, 5) is 24.3. The molecular weight excluding hydrogens is 304 g/mol. The van der Waals surface area contributed by atoms with Gasteiger partial charge in [0.05, 0.1) is 30.9 Å². The number of benzene rings is 1. The lowest BCUT2D eigenvalue weighted by molar-refractivity contribution is -0.118. The van der Waals surface area contributed by atoms with E-state index in [1.54, 1.807) is 6.92 Å². The number of Topliss-reactive ketones (excluding diaryl/α,β-unsaturated/α-hetero) is 1. The molecule has 2 aliphatic heterocycles. The molecule has 2 aliphatic rings. The number of rotatable bonds is 2. The fourth-order valence-electron chi connectivity index (χ4n) is 2.74. The van der Waals surface area contributed by atoms with E-state index in [-0.39, 0.29) is 59.0 Å². The Hall–Kier alpha value is -2.70. The molecule has 3 rings (SSSR count). The highest BCUT2D eigenvalue weighted by Crippen LogP contribution is 2.48. The number of carbonyl (C=O) groups excluding carboxylic acids is 2. The van der Waals surface area contributed by atoms with Crippen molar-refractivity contribution in [3.05, 3.63) is 22.8 Å². The van der Waals surface area contributed by atoms with Crippen LogP contribution in [0.1, 0.15) is 29.3 Å². The molecule has 1 aromatic rings. The number of hydrogen-bond acceptors (Lipinski definition) is 7. The zero-order valence-electron chi connectivity index (χ0n) is 13.0. The number of ketones is 1. The van der Waals surface area contributed by atoms with Crippen molar-refractivity contribution in [1.82, 2.24) is 0 Å². The molecule has 7 heteroatoms. The molecule has 0 fully saturated rings. The maximum absolute atomic E-state index is 12.2. The van der Waals surface area contributed by atoms with Crippen molar-refractivity contribution in [3.8, 4) is 17.2 Å². The number of methoxy groups -OCH3 is 2. The monoisotopic (exact) mass is 320 g/mol. The molecule has 1 unspecified atom stereocenters. The summed E-state index contributed by atoms with van der Waals surface area (Å²) in [6.45, 7) is 1.73. The quantitative estimate of drug-likeness (QED) is 0.829. The molecule has 0 saturated carbocycles. The highest BCUT2D eigenvalue weighted by molar-refractivity contribution is 6.07. The number of phenolic OH excluding ortho intramolecular Hbond substituents is 1. The number of esters is 1. The van der Waals surface area contributed by atoms with E-state index in [2.05, 4.69) is 0 Å². The average molecular weight is 320 g/mol. The van der Waals surface area contributed by atoms with Gasteiger partial charge in [0.25, 0.3) is 0 Å². The first-order valence-electron chi connectivity index (χ1n) is 7.06. The second-order valence-electron chi connectivity index (χ2n) is 5.32. The summed E-state index contributed by atoms with van der Waals surface area (Å²) in [6, 6.07) is 1.34. The lowest BCUT2D eigenvalue weighted by atomic mass is 9.92. The summed E-state index contributed by atoms with van der Waals surface area (Å²) in [6.07, 6.45) is -0.0883. The molecule has 0 spiro atoms. The van der Waals surface area contributed by atoms with Gasteiger partial charge in [0.15, 0.2) is 17.3 Å². The average Bonchev–Trinajstić information content (AvgIpc) is 2.54. The molecule has 7 nitrogen and oxygen atoms in total. The first-order chi connectivity index (χ1) is 11.0. The van der Waals surface area contributed by atoms with Gasteiger partial charge in [-0.15, -0.1) is 0 Å². The molecule has 0 aromatic heterocycles. The normalized spacial score (nSPS) is 19.3. The Morgan fingerprint density at radius 2 is 2.13 bits per heavy atom. The molecule has 0 aliphatic carbocycles. The SMILES string of the molecule is COC(=O)c1cc(OC)c(O)c2c1C1=C(CO2)C(=O)CC(C)O1. The van der Waals surface area contributed by atoms with Crippen LogP contribution in [0.3, 0.4) is 0 Å². The van der Waals surface area contributed by atoms with E-state index in [0.717, 1.165) is 0 Å². The third kappa shape index (κ3) is 2.28. The van der Waals surface area contributed by atoms with Crippen LogP contribution in [0, 0.1) is 0 Å². The molecule has 0 bridgehead atoms. The van der Waals surface area contributed by atoms with Crippen molar-refractivity contribution < 1.29 is 33.6 Å². The number of aromatic hydroxyl groups is 1. The van der Waals surface area contributed by atoms with E-state index in [4.69, 9.17) is 18.9 Å². The van der Waals surface area contributed by atoms with Gasteiger partial charge in [0, 0.05) is 6.42 Å². The molecule has 23 heavy (non-hydrogen) atoms. The van der Waals surface area contributed by atoms with Crippen molar-refractivity contribution in [1.29, 1.82) is 0 Å². The summed E-state index contributed by atoms with van der Waals surface area (Å²) in [5, 5.41) is 10.3. The van der Waals surface area contributed by atoms with E-state index in [9.17, 15) is 14.7 Å². The van der Waals surface area contributed by atoms with Crippen LogP contribution >= 0.6 is 0 Å². The number of fused-ring (bicyclic) bond motifs is 2. The Balaban J connectivity index is 2.30. The van der Waals surface area contributed by atoms with Crippen LogP contribution in [0.4, 0.5) is 0 Å². The summed E-state index contributed by atoms with van der Waals surface area (Å²) in [5.41, 5.74) is 0.674. The molecule has 0 radical (unpaired) electrons. The third-order valence-corrected chi connectivity index (χ3v) is 3.84. The second kappa shape index (κ2) is 5.49. The Bertz CT molecular complexity index is 732. The van der Waals surface area contributed by atoms with Crippen molar-refractivity contribution >= 4 is 17.5 Å². The molecule has 0 amide bonds. The molecular formula is C16H16O7. The lowest BCUT2D eigenvalue weighted by Crippen LogP contribution is -2.29. The third-order valence-electron chi connectivity index (χ3n) is 3.84. The van der Waals surface area contributed by atoms with E-state index >= 15 is 0 Å². The van der Waals surface area contributed by atoms with Crippen molar-refractivity contribution in [2.75, 3.05) is 20.8 Å². The van der Waals surface area contributed by atoms with Crippen LogP contribution in [-0.4, -0.2) is 43.8 Å². The zero-order chi connectivity index (χ0) is 16.7. The van der Waals surface area contributed by atoms with Crippen LogP contribution in [0.15, 0.2) is 11.6 Å². The predicted molar refractivity (Wildman–Crippen MR) is 78.6 cm³/mol. The van der Waals surface area contributed by atoms with E-state index in [1.807, 2.05) is 0 Å². The fraction of sp³-hybridized carbons (Fsp3) is 0.375. The topological polar surface area (TPSA) is 91.3 Å². The zero-order valence-corrected chi connectivity index (χ0v) is 13.0. The standard InChI is InChI=1S/C16H16O7/c1-7-4-10(17)9-6-22-15-12(14(9)23-7)8(16(19)21-3)5-11(20-2)13(15)18/h5,7,18H,4,6H2,1-3H3. The van der Waals surface area contributed by atoms with Crippen molar-refractivity contribution in [2.45, 2.75) is 19.4 Å². The van der Waals surface area contributed by atoms with Gasteiger partial charge >= 0.3 is 5.97 Å². The smallest absolute Gasteiger partial charge is 0.338 e. The predicted octanol–water partition coefficient (Wildman–Crippen LogP) is 1.67. The minimum absolute atomic E-state index is 0.0325. The van der Waals surface area contributed by atoms with E-state index in [1.165, 1.54) is 20.3 Å². The summed E-state index contributed by atoms with van der Waals surface area (Å²) in [7, 11) is 2.60. The summed E-state index contributed by atoms with van der Waals surface area (Å²) >= 11 is 0. The van der Waals surface area contributed by atoms with Gasteiger partial charge in [-0.25, -0.2) is 4.79 Å². The van der Waals surface area contributed by atoms with Crippen LogP contribution < -0.4 is 9.47 Å². The first-order valence-corrected chi connectivity index (χ1v) is 7.06. The van der Waals surface area contributed by atoms with Crippen molar-refractivity contribution in [2.24, 2.45) is 0 Å². The maximum Gasteiger partial charge on any atom is 0.338 e. The summed E-state index contributed by atoms with van der Waals surface area (Å²) < 4.78 is 21.1. The van der Waals surface area contributed by atoms with Gasteiger partial charge in [0.2, 0.25) is 5.75 Å². The minimum atomic E-state index is -0.647. The van der Waals surface area contributed by atoms with Gasteiger partial charge in [0.1, 0.15) is 18.5 Å². The number of hydrogen-bond donors (Lipinski definition) is 1. The molecule has 2 heterocycles. The van der Waals surface area contributed by atoms with Crippen molar-refractivity contribution in [3.63, 3.8) is 0 Å². The Labute approximate surface area is 132 Å². The fourth-order valence-corrected chi connectivity index (χ4v) is 2.74. The van der Waals surface area contributed by atoms with Gasteiger partial charge < -0.3 is 24.1 Å². The Morgan fingerprint density at radius 1 is 1.39 bits per heavy atom. The molecule has 122 valence electrons. The first kappa shape index (κ1) is 15.2. The van der Waals surface area contributed by atoms with Gasteiger partial charge in [-0.05, 0) is 13.0 Å². The molecule has 1 aromatic carbocycles. The Morgan fingerprint density at radius 3 is 2.78 bits per heavy atom. The van der Waals surface area contributed by atoms with Crippen LogP contribution in [-0.2, 0) is 14.3 Å². The minimum Gasteiger partial charge on any atom is -0.502 e. The molecule has 0 saturated heterocycles. The van der Waals surface area contributed by atoms with Crippen LogP contribution in [0.5, 0.6) is 17.2 Å².